The average molecular weight is 343 g/mol. The lowest BCUT2D eigenvalue weighted by Gasteiger charge is -2.37. The number of rotatable bonds is 7. The van der Waals surface area contributed by atoms with Gasteiger partial charge in [0.25, 0.3) is 0 Å². The molecule has 0 spiro atoms. The lowest BCUT2D eigenvalue weighted by atomic mass is 9.94. The van der Waals surface area contributed by atoms with E-state index < -0.39 is 4.33 Å². The molecule has 0 bridgehead atoms. The number of aryl methyl sites for hydroxylation is 1. The van der Waals surface area contributed by atoms with Crippen LogP contribution in [0.1, 0.15) is 75.5 Å². The zero-order chi connectivity index (χ0) is 16.0. The Bertz CT molecular complexity index is 441. The number of halogens is 2. The molecule has 0 aromatic heterocycles. The van der Waals surface area contributed by atoms with E-state index in [1.165, 1.54) is 43.2 Å². The molecule has 0 aliphatic carbocycles. The van der Waals surface area contributed by atoms with E-state index >= 15 is 0 Å². The molecule has 1 heterocycles. The summed E-state index contributed by atoms with van der Waals surface area (Å²) in [5.41, 5.74) is 2.45. The van der Waals surface area contributed by atoms with Gasteiger partial charge in [-0.3, -0.25) is 0 Å². The minimum absolute atomic E-state index is 0.0185. The summed E-state index contributed by atoms with van der Waals surface area (Å²) in [7, 11) is 0. The van der Waals surface area contributed by atoms with E-state index in [-0.39, 0.29) is 12.2 Å². The first kappa shape index (κ1) is 18.1. The van der Waals surface area contributed by atoms with Gasteiger partial charge in [-0.1, -0.05) is 68.9 Å². The highest BCUT2D eigenvalue weighted by Crippen LogP contribution is 2.45. The zero-order valence-electron chi connectivity index (χ0n) is 13.8. The van der Waals surface area contributed by atoms with E-state index in [0.29, 0.717) is 6.42 Å². The largest absolute Gasteiger partial charge is 0.370 e. The highest BCUT2D eigenvalue weighted by atomic mass is 35.5. The number of unbranched alkanes of at least 4 members (excludes halogenated alkanes) is 4. The number of ether oxygens (including phenoxy) is 1. The summed E-state index contributed by atoms with van der Waals surface area (Å²) < 4.78 is 5.62. The second kappa shape index (κ2) is 8.57. The fourth-order valence-electron chi connectivity index (χ4n) is 3.14. The van der Waals surface area contributed by atoms with Gasteiger partial charge >= 0.3 is 0 Å². The van der Waals surface area contributed by atoms with Crippen molar-refractivity contribution in [1.29, 1.82) is 0 Å². The Labute approximate surface area is 145 Å². The molecule has 0 saturated carbocycles. The van der Waals surface area contributed by atoms with Crippen LogP contribution in [0.5, 0.6) is 0 Å². The summed E-state index contributed by atoms with van der Waals surface area (Å²) in [5.74, 6) is 0. The molecule has 0 amide bonds. The lowest BCUT2D eigenvalue weighted by molar-refractivity contribution is -0.0592. The molecule has 2 rings (SSSR count). The molecule has 1 saturated heterocycles. The van der Waals surface area contributed by atoms with E-state index in [9.17, 15) is 0 Å². The molecule has 1 aromatic carbocycles. The van der Waals surface area contributed by atoms with Gasteiger partial charge in [0.15, 0.2) is 0 Å². The van der Waals surface area contributed by atoms with Gasteiger partial charge < -0.3 is 4.74 Å². The first-order valence-corrected chi connectivity index (χ1v) is 9.35. The monoisotopic (exact) mass is 342 g/mol. The summed E-state index contributed by atoms with van der Waals surface area (Å²) in [6, 6.07) is 8.51. The third-order valence-electron chi connectivity index (χ3n) is 4.45. The molecule has 22 heavy (non-hydrogen) atoms. The summed E-state index contributed by atoms with van der Waals surface area (Å²) in [4.78, 5) is 0. The van der Waals surface area contributed by atoms with Crippen LogP contribution in [0.4, 0.5) is 0 Å². The molecule has 124 valence electrons. The van der Waals surface area contributed by atoms with Crippen molar-refractivity contribution in [3.05, 3.63) is 35.4 Å². The molecule has 1 nitrogen and oxygen atoms in total. The topological polar surface area (TPSA) is 9.23 Å². The Morgan fingerprint density at radius 3 is 2.41 bits per heavy atom. The SMILES string of the molecule is CCCCCCC[C@H]1CC(Cl)(Cl)C[C@@H](c2ccc(C)cc2)O1. The van der Waals surface area contributed by atoms with Crippen LogP contribution in [-0.2, 0) is 4.74 Å². The van der Waals surface area contributed by atoms with Gasteiger partial charge in [-0.2, -0.15) is 0 Å². The van der Waals surface area contributed by atoms with Gasteiger partial charge in [0.2, 0.25) is 0 Å². The van der Waals surface area contributed by atoms with Gasteiger partial charge in [-0.25, -0.2) is 0 Å². The summed E-state index contributed by atoms with van der Waals surface area (Å²) in [5, 5.41) is 0. The normalized spacial score (nSPS) is 24.4. The maximum absolute atomic E-state index is 6.49. The summed E-state index contributed by atoms with van der Waals surface area (Å²) >= 11 is 13.0. The first-order chi connectivity index (χ1) is 10.5. The highest BCUT2D eigenvalue weighted by molar-refractivity contribution is 6.48. The molecule has 3 heteroatoms. The van der Waals surface area contributed by atoms with Crippen molar-refractivity contribution in [1.82, 2.24) is 0 Å². The molecule has 1 aliphatic rings. The second-order valence-corrected chi connectivity index (χ2v) is 8.26. The van der Waals surface area contributed by atoms with Crippen LogP contribution in [0.25, 0.3) is 0 Å². The van der Waals surface area contributed by atoms with E-state index in [1.807, 2.05) is 0 Å². The number of hydrogen-bond acceptors (Lipinski definition) is 1. The Morgan fingerprint density at radius 1 is 1.05 bits per heavy atom. The molecule has 1 fully saturated rings. The fourth-order valence-corrected chi connectivity index (χ4v) is 3.76. The van der Waals surface area contributed by atoms with E-state index in [1.54, 1.807) is 0 Å². The predicted octanol–water partition coefficient (Wildman–Crippen LogP) is 6.75. The zero-order valence-corrected chi connectivity index (χ0v) is 15.3. The Hall–Kier alpha value is -0.240. The van der Waals surface area contributed by atoms with Crippen molar-refractivity contribution in [2.75, 3.05) is 0 Å². The predicted molar refractivity (Wildman–Crippen MR) is 95.8 cm³/mol. The molecule has 1 aliphatic heterocycles. The maximum Gasteiger partial charge on any atom is 0.123 e. The molecule has 2 atom stereocenters. The Kier molecular flexibility index (Phi) is 7.05. The summed E-state index contributed by atoms with van der Waals surface area (Å²) in [6.07, 6.45) is 9.08. The van der Waals surface area contributed by atoms with Crippen LogP contribution in [0.15, 0.2) is 24.3 Å². The third-order valence-corrected chi connectivity index (χ3v) is 5.06. The van der Waals surface area contributed by atoms with Crippen LogP contribution in [0, 0.1) is 6.92 Å². The molecular weight excluding hydrogens is 315 g/mol. The van der Waals surface area contributed by atoms with E-state index in [0.717, 1.165) is 12.8 Å². The quantitative estimate of drug-likeness (QED) is 0.393. The fraction of sp³-hybridized carbons (Fsp3) is 0.684. The summed E-state index contributed by atoms with van der Waals surface area (Å²) in [6.45, 7) is 4.34. The Balaban J connectivity index is 1.90. The average Bonchev–Trinajstić information content (AvgIpc) is 2.46. The van der Waals surface area contributed by atoms with E-state index in [4.69, 9.17) is 27.9 Å². The van der Waals surface area contributed by atoms with Gasteiger partial charge in [0.1, 0.15) is 4.33 Å². The maximum atomic E-state index is 6.49. The molecule has 0 unspecified atom stereocenters. The minimum Gasteiger partial charge on any atom is -0.370 e. The van der Waals surface area contributed by atoms with Gasteiger partial charge in [-0.15, -0.1) is 23.2 Å². The van der Waals surface area contributed by atoms with Gasteiger partial charge in [0, 0.05) is 12.8 Å². The van der Waals surface area contributed by atoms with Crippen LogP contribution in [0.3, 0.4) is 0 Å². The van der Waals surface area contributed by atoms with Gasteiger partial charge in [0.05, 0.1) is 12.2 Å². The van der Waals surface area contributed by atoms with Gasteiger partial charge in [-0.05, 0) is 18.9 Å². The van der Waals surface area contributed by atoms with Crippen molar-refractivity contribution in [3.8, 4) is 0 Å². The molecule has 0 N–H and O–H groups in total. The second-order valence-electron chi connectivity index (χ2n) is 6.62. The Morgan fingerprint density at radius 2 is 1.73 bits per heavy atom. The lowest BCUT2D eigenvalue weighted by Crippen LogP contribution is -2.34. The van der Waals surface area contributed by atoms with Crippen LogP contribution in [0.2, 0.25) is 0 Å². The molecule has 1 aromatic rings. The standard InChI is InChI=1S/C19H28Cl2O/c1-3-4-5-6-7-8-17-13-19(20,21)14-18(22-17)16-11-9-15(2)10-12-16/h9-12,17-18H,3-8,13-14H2,1-2H3/t17-,18-/m0/s1. The van der Waals surface area contributed by atoms with Crippen molar-refractivity contribution in [3.63, 3.8) is 0 Å². The molecular formula is C19H28Cl2O. The van der Waals surface area contributed by atoms with Crippen molar-refractivity contribution >= 4 is 23.2 Å². The van der Waals surface area contributed by atoms with Crippen molar-refractivity contribution in [2.45, 2.75) is 81.8 Å². The molecule has 0 radical (unpaired) electrons. The van der Waals surface area contributed by atoms with E-state index in [2.05, 4.69) is 38.1 Å². The van der Waals surface area contributed by atoms with Crippen LogP contribution in [-0.4, -0.2) is 10.4 Å². The van der Waals surface area contributed by atoms with Crippen molar-refractivity contribution in [2.24, 2.45) is 0 Å². The third kappa shape index (κ3) is 5.76. The van der Waals surface area contributed by atoms with Crippen LogP contribution >= 0.6 is 23.2 Å². The van der Waals surface area contributed by atoms with Crippen LogP contribution < -0.4 is 0 Å². The number of benzene rings is 1. The minimum atomic E-state index is -0.665. The smallest absolute Gasteiger partial charge is 0.123 e. The number of alkyl halides is 2. The first-order valence-electron chi connectivity index (χ1n) is 8.60. The van der Waals surface area contributed by atoms with Crippen molar-refractivity contribution < 1.29 is 4.74 Å². The number of hydrogen-bond donors (Lipinski definition) is 0. The highest BCUT2D eigenvalue weighted by Gasteiger charge is 2.38.